The molecule has 0 aromatic heterocycles. The summed E-state index contributed by atoms with van der Waals surface area (Å²) in [5.74, 6) is 0.691. The van der Waals surface area contributed by atoms with Crippen LogP contribution in [0.2, 0.25) is 0 Å². The van der Waals surface area contributed by atoms with Crippen LogP contribution in [0.5, 0.6) is 0 Å². The zero-order valence-electron chi connectivity index (χ0n) is 11.9. The van der Waals surface area contributed by atoms with Gasteiger partial charge in [-0.25, -0.2) is 0 Å². The quantitative estimate of drug-likeness (QED) is 0.673. The van der Waals surface area contributed by atoms with E-state index in [1.807, 2.05) is 0 Å². The van der Waals surface area contributed by atoms with E-state index in [-0.39, 0.29) is 0 Å². The molecule has 0 aliphatic heterocycles. The van der Waals surface area contributed by atoms with Crippen molar-refractivity contribution < 1.29 is 0 Å². The first-order valence-corrected chi connectivity index (χ1v) is 7.02. The number of rotatable bonds is 7. The van der Waals surface area contributed by atoms with Gasteiger partial charge in [0, 0.05) is 6.54 Å². The molecule has 0 fully saturated rings. The number of benzene rings is 1. The van der Waals surface area contributed by atoms with Crippen molar-refractivity contribution in [2.45, 2.75) is 53.0 Å². The molecule has 1 rings (SSSR count). The minimum absolute atomic E-state index is 0.691. The van der Waals surface area contributed by atoms with Crippen LogP contribution >= 0.6 is 0 Å². The van der Waals surface area contributed by atoms with Crippen molar-refractivity contribution in [1.29, 1.82) is 0 Å². The molecule has 0 N–H and O–H groups in total. The van der Waals surface area contributed by atoms with E-state index in [2.05, 4.69) is 56.9 Å². The predicted octanol–water partition coefficient (Wildman–Crippen LogP) is 4.43. The van der Waals surface area contributed by atoms with E-state index in [0.29, 0.717) is 5.92 Å². The van der Waals surface area contributed by atoms with Gasteiger partial charge in [0.1, 0.15) is 0 Å². The molecule has 96 valence electrons. The van der Waals surface area contributed by atoms with Gasteiger partial charge in [-0.15, -0.1) is 0 Å². The van der Waals surface area contributed by atoms with Crippen molar-refractivity contribution in [1.82, 2.24) is 4.90 Å². The first kappa shape index (κ1) is 14.2. The second-order valence-corrected chi connectivity index (χ2v) is 4.90. The summed E-state index contributed by atoms with van der Waals surface area (Å²) in [5, 5.41) is 0. The SMILES string of the molecule is CCCC(C)c1cccc(CN(CC)CC)c1. The van der Waals surface area contributed by atoms with Crippen molar-refractivity contribution >= 4 is 0 Å². The Bertz CT molecular complexity index is 315. The highest BCUT2D eigenvalue weighted by atomic mass is 15.1. The standard InChI is InChI=1S/C16H27N/c1-5-9-14(4)16-11-8-10-15(12-16)13-17(6-2)7-3/h8,10-12,14H,5-7,9,13H2,1-4H3. The topological polar surface area (TPSA) is 3.24 Å². The third kappa shape index (κ3) is 4.51. The van der Waals surface area contributed by atoms with Gasteiger partial charge in [0.15, 0.2) is 0 Å². The smallest absolute Gasteiger partial charge is 0.0233 e. The minimum atomic E-state index is 0.691. The van der Waals surface area contributed by atoms with Crippen LogP contribution in [0.1, 0.15) is 57.6 Å². The monoisotopic (exact) mass is 233 g/mol. The van der Waals surface area contributed by atoms with Crippen molar-refractivity contribution in [3.63, 3.8) is 0 Å². The Kier molecular flexibility index (Phi) is 6.28. The number of nitrogens with zero attached hydrogens (tertiary/aromatic N) is 1. The normalized spacial score (nSPS) is 13.0. The molecule has 1 aromatic rings. The predicted molar refractivity (Wildman–Crippen MR) is 76.4 cm³/mol. The molecule has 0 aliphatic rings. The lowest BCUT2D eigenvalue weighted by Gasteiger charge is -2.19. The number of hydrogen-bond donors (Lipinski definition) is 0. The van der Waals surface area contributed by atoms with Gasteiger partial charge in [0.05, 0.1) is 0 Å². The highest BCUT2D eigenvalue weighted by molar-refractivity contribution is 5.26. The molecule has 0 amide bonds. The fourth-order valence-corrected chi connectivity index (χ4v) is 2.30. The summed E-state index contributed by atoms with van der Waals surface area (Å²) >= 11 is 0. The van der Waals surface area contributed by atoms with E-state index in [9.17, 15) is 0 Å². The highest BCUT2D eigenvalue weighted by Crippen LogP contribution is 2.21. The highest BCUT2D eigenvalue weighted by Gasteiger charge is 2.06. The van der Waals surface area contributed by atoms with Gasteiger partial charge in [0.25, 0.3) is 0 Å². The van der Waals surface area contributed by atoms with E-state index in [0.717, 1.165) is 19.6 Å². The molecule has 1 unspecified atom stereocenters. The van der Waals surface area contributed by atoms with Gasteiger partial charge in [-0.1, -0.05) is 58.4 Å². The average molecular weight is 233 g/mol. The molecule has 1 aromatic carbocycles. The van der Waals surface area contributed by atoms with Crippen LogP contribution in [0, 0.1) is 0 Å². The van der Waals surface area contributed by atoms with Gasteiger partial charge >= 0.3 is 0 Å². The van der Waals surface area contributed by atoms with E-state index in [4.69, 9.17) is 0 Å². The first-order chi connectivity index (χ1) is 8.21. The number of hydrogen-bond acceptors (Lipinski definition) is 1. The van der Waals surface area contributed by atoms with Crippen LogP contribution in [0.4, 0.5) is 0 Å². The van der Waals surface area contributed by atoms with Crippen LogP contribution < -0.4 is 0 Å². The Morgan fingerprint density at radius 3 is 2.41 bits per heavy atom. The lowest BCUT2D eigenvalue weighted by molar-refractivity contribution is 0.296. The van der Waals surface area contributed by atoms with E-state index >= 15 is 0 Å². The van der Waals surface area contributed by atoms with Crippen LogP contribution in [-0.4, -0.2) is 18.0 Å². The van der Waals surface area contributed by atoms with Crippen molar-refractivity contribution in [3.05, 3.63) is 35.4 Å². The molecule has 0 spiro atoms. The molecular formula is C16H27N. The maximum absolute atomic E-state index is 2.46. The third-order valence-electron chi connectivity index (χ3n) is 3.54. The molecule has 1 nitrogen and oxygen atoms in total. The summed E-state index contributed by atoms with van der Waals surface area (Å²) < 4.78 is 0. The largest absolute Gasteiger partial charge is 0.300 e. The summed E-state index contributed by atoms with van der Waals surface area (Å²) in [5.41, 5.74) is 2.95. The fourth-order valence-electron chi connectivity index (χ4n) is 2.30. The van der Waals surface area contributed by atoms with Crippen LogP contribution in [0.3, 0.4) is 0 Å². The van der Waals surface area contributed by atoms with Crippen LogP contribution in [0.25, 0.3) is 0 Å². The molecule has 0 bridgehead atoms. The molecule has 0 saturated carbocycles. The average Bonchev–Trinajstić information content (AvgIpc) is 2.36. The Hall–Kier alpha value is -0.820. The summed E-state index contributed by atoms with van der Waals surface area (Å²) in [6.07, 6.45) is 2.55. The molecule has 1 heteroatoms. The Labute approximate surface area is 107 Å². The molecule has 0 aliphatic carbocycles. The third-order valence-corrected chi connectivity index (χ3v) is 3.54. The second-order valence-electron chi connectivity index (χ2n) is 4.90. The molecule has 17 heavy (non-hydrogen) atoms. The molecule has 0 radical (unpaired) electrons. The van der Waals surface area contributed by atoms with E-state index in [1.54, 1.807) is 0 Å². The fraction of sp³-hybridized carbons (Fsp3) is 0.625. The summed E-state index contributed by atoms with van der Waals surface area (Å²) in [6, 6.07) is 9.12. The minimum Gasteiger partial charge on any atom is -0.300 e. The van der Waals surface area contributed by atoms with Crippen LogP contribution in [-0.2, 0) is 6.54 Å². The molecule has 0 saturated heterocycles. The summed E-state index contributed by atoms with van der Waals surface area (Å²) in [7, 11) is 0. The second kappa shape index (κ2) is 7.50. The summed E-state index contributed by atoms with van der Waals surface area (Å²) in [4.78, 5) is 2.46. The molecule has 0 heterocycles. The van der Waals surface area contributed by atoms with E-state index < -0.39 is 0 Å². The van der Waals surface area contributed by atoms with Crippen molar-refractivity contribution in [3.8, 4) is 0 Å². The first-order valence-electron chi connectivity index (χ1n) is 7.02. The Morgan fingerprint density at radius 2 is 1.82 bits per heavy atom. The Morgan fingerprint density at radius 1 is 1.12 bits per heavy atom. The van der Waals surface area contributed by atoms with Gasteiger partial charge in [-0.05, 0) is 36.6 Å². The van der Waals surface area contributed by atoms with Gasteiger partial charge in [0.2, 0.25) is 0 Å². The van der Waals surface area contributed by atoms with Crippen molar-refractivity contribution in [2.75, 3.05) is 13.1 Å². The summed E-state index contributed by atoms with van der Waals surface area (Å²) in [6.45, 7) is 12.4. The lowest BCUT2D eigenvalue weighted by Crippen LogP contribution is -2.22. The maximum atomic E-state index is 2.46. The van der Waals surface area contributed by atoms with Gasteiger partial charge < -0.3 is 0 Å². The lowest BCUT2D eigenvalue weighted by atomic mass is 9.95. The Balaban J connectivity index is 2.71. The maximum Gasteiger partial charge on any atom is 0.0233 e. The zero-order valence-corrected chi connectivity index (χ0v) is 11.9. The molecular weight excluding hydrogens is 206 g/mol. The molecule has 1 atom stereocenters. The van der Waals surface area contributed by atoms with Crippen LogP contribution in [0.15, 0.2) is 24.3 Å². The van der Waals surface area contributed by atoms with Gasteiger partial charge in [-0.2, -0.15) is 0 Å². The van der Waals surface area contributed by atoms with Crippen molar-refractivity contribution in [2.24, 2.45) is 0 Å². The van der Waals surface area contributed by atoms with E-state index in [1.165, 1.54) is 24.0 Å². The van der Waals surface area contributed by atoms with Gasteiger partial charge in [-0.3, -0.25) is 4.90 Å². The zero-order chi connectivity index (χ0) is 12.7.